The van der Waals surface area contributed by atoms with Gasteiger partial charge in [0, 0.05) is 12.0 Å². The fourth-order valence-electron chi connectivity index (χ4n) is 1.58. The van der Waals surface area contributed by atoms with Crippen molar-refractivity contribution >= 4 is 17.7 Å². The Morgan fingerprint density at radius 2 is 1.78 bits per heavy atom. The van der Waals surface area contributed by atoms with Crippen LogP contribution in [0.2, 0.25) is 0 Å². The molecule has 0 spiro atoms. The Morgan fingerprint density at radius 1 is 1.17 bits per heavy atom. The zero-order valence-electron chi connectivity index (χ0n) is 10.2. The van der Waals surface area contributed by atoms with Gasteiger partial charge in [-0.25, -0.2) is 9.59 Å². The van der Waals surface area contributed by atoms with Gasteiger partial charge in [0.1, 0.15) is 0 Å². The number of esters is 1. The molecule has 1 aromatic carbocycles. The summed E-state index contributed by atoms with van der Waals surface area (Å²) in [4.78, 5) is 34.5. The number of hydrogen-bond acceptors (Lipinski definition) is 4. The zero-order chi connectivity index (χ0) is 13.7. The Bertz CT molecular complexity index is 490. The number of ether oxygens (including phenoxy) is 1. The van der Waals surface area contributed by atoms with Gasteiger partial charge in [-0.3, -0.25) is 4.79 Å². The van der Waals surface area contributed by atoms with Gasteiger partial charge in [-0.15, -0.1) is 0 Å². The molecule has 0 saturated heterocycles. The molecule has 96 valence electrons. The molecule has 0 aliphatic heterocycles. The molecular weight excluding hydrogens is 236 g/mol. The van der Waals surface area contributed by atoms with Gasteiger partial charge in [0.15, 0.2) is 5.78 Å². The fraction of sp³-hybridized carbons (Fsp3) is 0.308. The van der Waals surface area contributed by atoms with Crippen LogP contribution in [0.25, 0.3) is 0 Å². The third kappa shape index (κ3) is 2.74. The van der Waals surface area contributed by atoms with Crippen molar-refractivity contribution in [2.75, 3.05) is 6.61 Å². The Labute approximate surface area is 104 Å². The first-order valence-electron chi connectivity index (χ1n) is 5.59. The van der Waals surface area contributed by atoms with Crippen molar-refractivity contribution in [3.63, 3.8) is 0 Å². The standard InChI is InChI=1S/C13H14O5/c1-3-10(14)8-6-5-7-9(11(8)12(15)16)13(17)18-4-2/h5-7H,3-4H2,1-2H3,(H,15,16). The van der Waals surface area contributed by atoms with Crippen molar-refractivity contribution < 1.29 is 24.2 Å². The first kappa shape index (κ1) is 13.9. The van der Waals surface area contributed by atoms with Crippen LogP contribution in [0, 0.1) is 0 Å². The summed E-state index contributed by atoms with van der Waals surface area (Å²) in [6, 6.07) is 4.22. The molecule has 0 aromatic heterocycles. The number of carbonyl (C=O) groups is 3. The molecule has 1 aromatic rings. The van der Waals surface area contributed by atoms with Crippen molar-refractivity contribution in [1.29, 1.82) is 0 Å². The van der Waals surface area contributed by atoms with Gasteiger partial charge in [-0.1, -0.05) is 19.1 Å². The van der Waals surface area contributed by atoms with Crippen LogP contribution >= 0.6 is 0 Å². The molecule has 1 N–H and O–H groups in total. The smallest absolute Gasteiger partial charge is 0.339 e. The largest absolute Gasteiger partial charge is 0.478 e. The van der Waals surface area contributed by atoms with Crippen molar-refractivity contribution in [3.05, 3.63) is 34.9 Å². The second-order valence-electron chi connectivity index (χ2n) is 3.53. The molecule has 5 heteroatoms. The predicted molar refractivity (Wildman–Crippen MR) is 64.0 cm³/mol. The number of aromatic carboxylic acids is 1. The highest BCUT2D eigenvalue weighted by atomic mass is 16.5. The number of hydrogen-bond donors (Lipinski definition) is 1. The number of carboxylic acid groups (broad SMARTS) is 1. The molecule has 0 aliphatic rings. The van der Waals surface area contributed by atoms with Crippen LogP contribution in [0.4, 0.5) is 0 Å². The van der Waals surface area contributed by atoms with Crippen LogP contribution in [-0.4, -0.2) is 29.4 Å². The minimum Gasteiger partial charge on any atom is -0.478 e. The molecule has 0 fully saturated rings. The Kier molecular flexibility index (Phi) is 4.59. The summed E-state index contributed by atoms with van der Waals surface area (Å²) in [7, 11) is 0. The predicted octanol–water partition coefficient (Wildman–Crippen LogP) is 2.15. The van der Waals surface area contributed by atoms with Gasteiger partial charge in [0.2, 0.25) is 0 Å². The number of carbonyl (C=O) groups excluding carboxylic acids is 2. The maximum absolute atomic E-state index is 11.7. The maximum atomic E-state index is 11.7. The van der Waals surface area contributed by atoms with E-state index in [0.29, 0.717) is 0 Å². The lowest BCUT2D eigenvalue weighted by Gasteiger charge is -2.09. The Hall–Kier alpha value is -2.17. The molecule has 0 atom stereocenters. The van der Waals surface area contributed by atoms with Crippen LogP contribution in [0.5, 0.6) is 0 Å². The van der Waals surface area contributed by atoms with E-state index in [4.69, 9.17) is 9.84 Å². The summed E-state index contributed by atoms with van der Waals surface area (Å²) in [6.45, 7) is 3.40. The highest BCUT2D eigenvalue weighted by Crippen LogP contribution is 2.18. The molecule has 0 unspecified atom stereocenters. The minimum absolute atomic E-state index is 0.0375. The van der Waals surface area contributed by atoms with Crippen molar-refractivity contribution in [2.24, 2.45) is 0 Å². The van der Waals surface area contributed by atoms with E-state index in [0.717, 1.165) is 0 Å². The number of carboxylic acids is 1. The lowest BCUT2D eigenvalue weighted by molar-refractivity contribution is 0.0514. The third-order valence-electron chi connectivity index (χ3n) is 2.40. The van der Waals surface area contributed by atoms with E-state index in [1.165, 1.54) is 18.2 Å². The SMILES string of the molecule is CCOC(=O)c1cccc(C(=O)CC)c1C(=O)O. The topological polar surface area (TPSA) is 80.7 Å². The van der Waals surface area contributed by atoms with E-state index in [1.54, 1.807) is 13.8 Å². The molecule has 0 saturated carbocycles. The van der Waals surface area contributed by atoms with Gasteiger partial charge in [0.05, 0.1) is 17.7 Å². The monoisotopic (exact) mass is 250 g/mol. The highest BCUT2D eigenvalue weighted by molar-refractivity contribution is 6.11. The second kappa shape index (κ2) is 5.95. The maximum Gasteiger partial charge on any atom is 0.339 e. The summed E-state index contributed by atoms with van der Waals surface area (Å²) in [5, 5.41) is 9.15. The van der Waals surface area contributed by atoms with E-state index in [2.05, 4.69) is 0 Å². The normalized spacial score (nSPS) is 9.89. The summed E-state index contributed by atoms with van der Waals surface area (Å²) in [6.07, 6.45) is 0.173. The zero-order valence-corrected chi connectivity index (χ0v) is 10.2. The van der Waals surface area contributed by atoms with Gasteiger partial charge in [0.25, 0.3) is 0 Å². The first-order chi connectivity index (χ1) is 8.52. The van der Waals surface area contributed by atoms with E-state index in [1.807, 2.05) is 0 Å². The van der Waals surface area contributed by atoms with E-state index in [-0.39, 0.29) is 35.5 Å². The number of ketones is 1. The molecular formula is C13H14O5. The summed E-state index contributed by atoms with van der Waals surface area (Å²) in [5.41, 5.74) is -0.345. The minimum atomic E-state index is -1.31. The molecule has 0 radical (unpaired) electrons. The molecule has 18 heavy (non-hydrogen) atoms. The Balaban J connectivity index is 3.39. The van der Waals surface area contributed by atoms with Gasteiger partial charge >= 0.3 is 11.9 Å². The lowest BCUT2D eigenvalue weighted by Crippen LogP contribution is -2.16. The van der Waals surface area contributed by atoms with Crippen molar-refractivity contribution in [1.82, 2.24) is 0 Å². The molecule has 5 nitrogen and oxygen atoms in total. The van der Waals surface area contributed by atoms with E-state index < -0.39 is 11.9 Å². The number of rotatable bonds is 5. The summed E-state index contributed by atoms with van der Waals surface area (Å²) in [5.74, 6) is -2.37. The molecule has 0 amide bonds. The Morgan fingerprint density at radius 3 is 2.28 bits per heavy atom. The average molecular weight is 250 g/mol. The van der Waals surface area contributed by atoms with E-state index >= 15 is 0 Å². The van der Waals surface area contributed by atoms with Gasteiger partial charge < -0.3 is 9.84 Å². The van der Waals surface area contributed by atoms with Crippen LogP contribution in [-0.2, 0) is 4.74 Å². The van der Waals surface area contributed by atoms with Gasteiger partial charge in [-0.2, -0.15) is 0 Å². The third-order valence-corrected chi connectivity index (χ3v) is 2.40. The second-order valence-corrected chi connectivity index (χ2v) is 3.53. The van der Waals surface area contributed by atoms with Crippen LogP contribution in [0.3, 0.4) is 0 Å². The summed E-state index contributed by atoms with van der Waals surface area (Å²) >= 11 is 0. The van der Waals surface area contributed by atoms with Crippen LogP contribution < -0.4 is 0 Å². The summed E-state index contributed by atoms with van der Waals surface area (Å²) < 4.78 is 4.77. The number of Topliss-reactive ketones (excluding diaryl/α,β-unsaturated/α-hetero) is 1. The van der Waals surface area contributed by atoms with Crippen molar-refractivity contribution in [3.8, 4) is 0 Å². The fourth-order valence-corrected chi connectivity index (χ4v) is 1.58. The lowest BCUT2D eigenvalue weighted by atomic mass is 9.97. The van der Waals surface area contributed by atoms with E-state index in [9.17, 15) is 14.4 Å². The first-order valence-corrected chi connectivity index (χ1v) is 5.59. The van der Waals surface area contributed by atoms with Crippen LogP contribution in [0.1, 0.15) is 51.3 Å². The molecule has 0 aliphatic carbocycles. The molecule has 0 heterocycles. The average Bonchev–Trinajstić information content (AvgIpc) is 2.37. The van der Waals surface area contributed by atoms with Crippen molar-refractivity contribution in [2.45, 2.75) is 20.3 Å². The molecule has 1 rings (SSSR count). The van der Waals surface area contributed by atoms with Crippen LogP contribution in [0.15, 0.2) is 18.2 Å². The molecule has 0 bridgehead atoms. The highest BCUT2D eigenvalue weighted by Gasteiger charge is 2.23. The number of benzene rings is 1. The quantitative estimate of drug-likeness (QED) is 0.639. The van der Waals surface area contributed by atoms with Gasteiger partial charge in [-0.05, 0) is 13.0 Å².